The first-order valence-electron chi connectivity index (χ1n) is 12.7. The molecule has 1 heterocycles. The van der Waals surface area contributed by atoms with E-state index >= 15 is 0 Å². The lowest BCUT2D eigenvalue weighted by Gasteiger charge is -2.30. The van der Waals surface area contributed by atoms with E-state index in [1.807, 2.05) is 17.0 Å². The van der Waals surface area contributed by atoms with Crippen LogP contribution in [0.3, 0.4) is 0 Å². The van der Waals surface area contributed by atoms with Gasteiger partial charge in [-0.25, -0.2) is 9.59 Å². The molecule has 36 heavy (non-hydrogen) atoms. The van der Waals surface area contributed by atoms with Crippen LogP contribution in [0.4, 0.5) is 15.3 Å². The van der Waals surface area contributed by atoms with Crippen LogP contribution in [-0.4, -0.2) is 41.9 Å². The highest BCUT2D eigenvalue weighted by molar-refractivity contribution is 6.04. The minimum atomic E-state index is -1.41. The van der Waals surface area contributed by atoms with Crippen LogP contribution in [0.2, 0.25) is 0 Å². The zero-order valence-electron chi connectivity index (χ0n) is 21.3. The fourth-order valence-electron chi connectivity index (χ4n) is 5.33. The topological polar surface area (TPSA) is 117 Å². The molecular formula is C27H30N4O5. The molecule has 2 aliphatic carbocycles. The van der Waals surface area contributed by atoms with Crippen LogP contribution in [0.5, 0.6) is 0 Å². The molecule has 2 atom stereocenters. The summed E-state index contributed by atoms with van der Waals surface area (Å²) in [5, 5.41) is 7.56. The molecule has 1 spiro atoms. The van der Waals surface area contributed by atoms with Crippen LogP contribution in [0.15, 0.2) is 42.4 Å². The lowest BCUT2D eigenvalue weighted by molar-refractivity contribution is -0.133. The van der Waals surface area contributed by atoms with E-state index in [9.17, 15) is 19.2 Å². The molecule has 1 saturated carbocycles. The van der Waals surface area contributed by atoms with Gasteiger partial charge in [-0.15, -0.1) is 0 Å². The van der Waals surface area contributed by atoms with Gasteiger partial charge in [-0.2, -0.15) is 0 Å². The Balaban J connectivity index is 1.50. The van der Waals surface area contributed by atoms with Crippen molar-refractivity contribution in [1.29, 1.82) is 0 Å². The van der Waals surface area contributed by atoms with Gasteiger partial charge in [0.25, 0.3) is 5.91 Å². The lowest BCUT2D eigenvalue weighted by Crippen LogP contribution is -2.40. The predicted octanol–water partition coefficient (Wildman–Crippen LogP) is 3.22. The van der Waals surface area contributed by atoms with Gasteiger partial charge in [0.1, 0.15) is 0 Å². The maximum absolute atomic E-state index is 13.9. The Labute approximate surface area is 211 Å². The van der Waals surface area contributed by atoms with Gasteiger partial charge >= 0.3 is 12.1 Å². The molecule has 5 amide bonds. The van der Waals surface area contributed by atoms with Gasteiger partial charge in [0, 0.05) is 37.3 Å². The molecule has 2 fully saturated rings. The number of nitrogens with one attached hydrogen (secondary N) is 3. The van der Waals surface area contributed by atoms with Gasteiger partial charge < -0.3 is 20.3 Å². The number of amides is 5. The molecule has 1 saturated heterocycles. The van der Waals surface area contributed by atoms with E-state index in [0.717, 1.165) is 24.0 Å². The molecule has 5 rings (SSSR count). The lowest BCUT2D eigenvalue weighted by atomic mass is 9.91. The van der Waals surface area contributed by atoms with Gasteiger partial charge in [-0.05, 0) is 54.9 Å². The first-order valence-corrected chi connectivity index (χ1v) is 12.2. The van der Waals surface area contributed by atoms with Crippen molar-refractivity contribution in [3.63, 3.8) is 0 Å². The maximum atomic E-state index is 13.9. The minimum Gasteiger partial charge on any atom is -0.427 e. The van der Waals surface area contributed by atoms with Gasteiger partial charge in [0.05, 0.1) is 7.79 Å². The Bertz CT molecular complexity index is 1280. The number of rotatable bonds is 7. The molecule has 9 nitrogen and oxygen atoms in total. The van der Waals surface area contributed by atoms with Crippen LogP contribution in [0.25, 0.3) is 0 Å². The fraction of sp³-hybridized carbons (Fsp3) is 0.407. The van der Waals surface area contributed by atoms with Crippen molar-refractivity contribution in [2.24, 2.45) is 5.92 Å². The third kappa shape index (κ3) is 4.29. The second-order valence-electron chi connectivity index (χ2n) is 9.68. The Morgan fingerprint density at radius 2 is 2.00 bits per heavy atom. The highest BCUT2D eigenvalue weighted by atomic mass is 16.6. The summed E-state index contributed by atoms with van der Waals surface area (Å²) >= 11 is 0. The van der Waals surface area contributed by atoms with Crippen molar-refractivity contribution in [1.82, 2.24) is 15.5 Å². The SMILES string of the molecule is [2H]c1ccc(CN(C(=O)Cc2c(NC(=O)NC)ccc3c2CCC32OC(=O)NC2=O)[C@@H](C)C2CC2)cc1. The zero-order chi connectivity index (χ0) is 26.3. The molecule has 1 unspecified atom stereocenters. The quantitative estimate of drug-likeness (QED) is 0.550. The number of alkyl carbamates (subject to hydrolysis) is 1. The second kappa shape index (κ2) is 9.29. The van der Waals surface area contributed by atoms with Gasteiger partial charge in [-0.3, -0.25) is 14.9 Å². The van der Waals surface area contributed by atoms with E-state index < -0.39 is 23.6 Å². The maximum Gasteiger partial charge on any atom is 0.415 e. The summed E-state index contributed by atoms with van der Waals surface area (Å²) in [5.41, 5.74) is 1.92. The monoisotopic (exact) mass is 491 g/mol. The number of carbonyl (C=O) groups excluding carboxylic acids is 4. The van der Waals surface area contributed by atoms with Crippen molar-refractivity contribution in [3.05, 3.63) is 64.7 Å². The van der Waals surface area contributed by atoms with Gasteiger partial charge in [0.15, 0.2) is 0 Å². The molecule has 0 aromatic heterocycles. The average molecular weight is 492 g/mol. The molecule has 9 heteroatoms. The number of imide groups is 1. The van der Waals surface area contributed by atoms with Crippen LogP contribution >= 0.6 is 0 Å². The van der Waals surface area contributed by atoms with E-state index in [1.54, 1.807) is 24.3 Å². The number of nitrogens with zero attached hydrogens (tertiary/aromatic N) is 1. The molecule has 3 N–H and O–H groups in total. The summed E-state index contributed by atoms with van der Waals surface area (Å²) < 4.78 is 13.2. The summed E-state index contributed by atoms with van der Waals surface area (Å²) in [4.78, 5) is 52.5. The zero-order valence-corrected chi connectivity index (χ0v) is 20.3. The number of hydrogen-bond donors (Lipinski definition) is 3. The predicted molar refractivity (Wildman–Crippen MR) is 132 cm³/mol. The number of fused-ring (bicyclic) bond motifs is 2. The summed E-state index contributed by atoms with van der Waals surface area (Å²) in [7, 11) is 1.51. The van der Waals surface area contributed by atoms with Crippen molar-refractivity contribution in [2.75, 3.05) is 12.4 Å². The van der Waals surface area contributed by atoms with E-state index in [2.05, 4.69) is 22.9 Å². The molecular weight excluding hydrogens is 460 g/mol. The number of anilines is 1. The van der Waals surface area contributed by atoms with Crippen LogP contribution in [0, 0.1) is 5.92 Å². The minimum absolute atomic E-state index is 0.0156. The Hall–Kier alpha value is -3.88. The molecule has 0 radical (unpaired) electrons. The molecule has 1 aliphatic heterocycles. The summed E-state index contributed by atoms with van der Waals surface area (Å²) in [6.45, 7) is 2.47. The largest absolute Gasteiger partial charge is 0.427 e. The molecule has 0 bridgehead atoms. The van der Waals surface area contributed by atoms with Crippen molar-refractivity contribution >= 4 is 29.6 Å². The number of carbonyl (C=O) groups is 4. The average Bonchev–Trinajstić information content (AvgIpc) is 3.60. The van der Waals surface area contributed by atoms with E-state index in [0.29, 0.717) is 41.7 Å². The highest BCUT2D eigenvalue weighted by Gasteiger charge is 2.54. The summed E-state index contributed by atoms with van der Waals surface area (Å²) in [6, 6.07) is 10.5. The molecule has 3 aliphatic rings. The first kappa shape index (κ1) is 22.6. The Kier molecular flexibility index (Phi) is 5.83. The fourth-order valence-corrected chi connectivity index (χ4v) is 5.33. The smallest absolute Gasteiger partial charge is 0.415 e. The number of urea groups is 1. The number of hydrogen-bond acceptors (Lipinski definition) is 5. The van der Waals surface area contributed by atoms with E-state index in [-0.39, 0.29) is 24.8 Å². The van der Waals surface area contributed by atoms with Crippen LogP contribution in [0.1, 0.15) is 49.8 Å². The molecule has 188 valence electrons. The summed E-state index contributed by atoms with van der Waals surface area (Å²) in [5.74, 6) is -0.173. The number of benzene rings is 2. The van der Waals surface area contributed by atoms with E-state index in [4.69, 9.17) is 6.11 Å². The highest BCUT2D eigenvalue weighted by Crippen LogP contribution is 2.46. The van der Waals surface area contributed by atoms with E-state index in [1.165, 1.54) is 7.05 Å². The van der Waals surface area contributed by atoms with Gasteiger partial charge in [0.2, 0.25) is 11.5 Å². The Morgan fingerprint density at radius 3 is 2.64 bits per heavy atom. The number of ether oxygens (including phenoxy) is 1. The van der Waals surface area contributed by atoms with Crippen LogP contribution in [-0.2, 0) is 39.3 Å². The Morgan fingerprint density at radius 1 is 1.25 bits per heavy atom. The second-order valence-corrected chi connectivity index (χ2v) is 9.68. The molecule has 2 aromatic rings. The standard InChI is InChI=1S/C27H30N4O5/c1-16(18-8-9-18)31(15-17-6-4-3-5-7-17)23(32)14-20-19-12-13-27(24(33)30-26(35)36-27)21(19)10-11-22(20)29-25(34)28-2/h3-7,10-11,16,18H,8-9,12-15H2,1-2H3,(H2,28,29,34)(H,30,33,35)/t16-,27?/m0/s1/i3D. The first-order chi connectivity index (χ1) is 17.7. The van der Waals surface area contributed by atoms with Crippen molar-refractivity contribution in [2.45, 2.75) is 57.2 Å². The van der Waals surface area contributed by atoms with Gasteiger partial charge in [-0.1, -0.05) is 36.4 Å². The summed E-state index contributed by atoms with van der Waals surface area (Å²) in [6.07, 6.45) is 2.07. The van der Waals surface area contributed by atoms with Crippen molar-refractivity contribution in [3.8, 4) is 0 Å². The van der Waals surface area contributed by atoms with Crippen LogP contribution < -0.4 is 16.0 Å². The normalized spacial score (nSPS) is 21.3. The third-order valence-corrected chi connectivity index (χ3v) is 7.50. The molecule has 2 aromatic carbocycles. The third-order valence-electron chi connectivity index (χ3n) is 7.50. The van der Waals surface area contributed by atoms with Crippen molar-refractivity contribution < 1.29 is 25.3 Å².